The molecule has 2 heterocycles. The van der Waals surface area contributed by atoms with Crippen LogP contribution in [-0.2, 0) is 17.8 Å². The topological polar surface area (TPSA) is 49.8 Å². The lowest BCUT2D eigenvalue weighted by molar-refractivity contribution is -0.143. The van der Waals surface area contributed by atoms with Gasteiger partial charge in [0.1, 0.15) is 5.75 Å². The summed E-state index contributed by atoms with van der Waals surface area (Å²) in [5, 5.41) is 9.11. The van der Waals surface area contributed by atoms with Crippen molar-refractivity contribution in [3.63, 3.8) is 0 Å². The number of nitrogens with zero attached hydrogens (tertiary/aromatic N) is 1. The Hall–Kier alpha value is -1.55. The second-order valence-corrected chi connectivity index (χ2v) is 5.45. The SMILES string of the molecule is O=C(O)C1CCCN(Cc2ccc3c(c2)CCO3)C1. The van der Waals surface area contributed by atoms with Gasteiger partial charge in [0.2, 0.25) is 0 Å². The summed E-state index contributed by atoms with van der Waals surface area (Å²) in [5.74, 6) is 0.143. The maximum atomic E-state index is 11.1. The van der Waals surface area contributed by atoms with E-state index < -0.39 is 5.97 Å². The van der Waals surface area contributed by atoms with Gasteiger partial charge in [-0.25, -0.2) is 0 Å². The van der Waals surface area contributed by atoms with Crippen LogP contribution in [-0.4, -0.2) is 35.7 Å². The minimum Gasteiger partial charge on any atom is -0.493 e. The maximum Gasteiger partial charge on any atom is 0.307 e. The molecule has 1 atom stereocenters. The van der Waals surface area contributed by atoms with Gasteiger partial charge in [-0.3, -0.25) is 9.69 Å². The zero-order chi connectivity index (χ0) is 13.2. The Morgan fingerprint density at radius 1 is 1.47 bits per heavy atom. The van der Waals surface area contributed by atoms with Gasteiger partial charge in [-0.05, 0) is 36.6 Å². The number of fused-ring (bicyclic) bond motifs is 1. The zero-order valence-electron chi connectivity index (χ0n) is 11.0. The Morgan fingerprint density at radius 2 is 2.37 bits per heavy atom. The monoisotopic (exact) mass is 261 g/mol. The van der Waals surface area contributed by atoms with Crippen LogP contribution in [0.2, 0.25) is 0 Å². The first kappa shape index (κ1) is 12.5. The number of carboxylic acid groups (broad SMARTS) is 1. The number of rotatable bonds is 3. The molecule has 0 saturated carbocycles. The Kier molecular flexibility index (Phi) is 3.42. The molecule has 0 radical (unpaired) electrons. The third-order valence-corrected chi connectivity index (χ3v) is 4.01. The van der Waals surface area contributed by atoms with Crippen molar-refractivity contribution >= 4 is 5.97 Å². The van der Waals surface area contributed by atoms with Crippen LogP contribution in [0.4, 0.5) is 0 Å². The van der Waals surface area contributed by atoms with Crippen molar-refractivity contribution in [2.45, 2.75) is 25.8 Å². The molecule has 0 bridgehead atoms. The molecule has 1 saturated heterocycles. The van der Waals surface area contributed by atoms with Gasteiger partial charge in [0.15, 0.2) is 0 Å². The van der Waals surface area contributed by atoms with E-state index in [1.165, 1.54) is 11.1 Å². The van der Waals surface area contributed by atoms with Crippen LogP contribution in [0.25, 0.3) is 0 Å². The van der Waals surface area contributed by atoms with Gasteiger partial charge in [-0.1, -0.05) is 12.1 Å². The Morgan fingerprint density at radius 3 is 3.21 bits per heavy atom. The molecular formula is C15H19NO3. The average Bonchev–Trinajstić information content (AvgIpc) is 2.86. The molecule has 0 aliphatic carbocycles. The number of benzene rings is 1. The van der Waals surface area contributed by atoms with Crippen molar-refractivity contribution < 1.29 is 14.6 Å². The van der Waals surface area contributed by atoms with Crippen molar-refractivity contribution in [3.8, 4) is 5.75 Å². The number of ether oxygens (including phenoxy) is 1. The third kappa shape index (κ3) is 2.73. The number of carbonyl (C=O) groups is 1. The van der Waals surface area contributed by atoms with Crippen molar-refractivity contribution in [1.29, 1.82) is 0 Å². The smallest absolute Gasteiger partial charge is 0.307 e. The van der Waals surface area contributed by atoms with Gasteiger partial charge < -0.3 is 9.84 Å². The number of piperidine rings is 1. The van der Waals surface area contributed by atoms with Crippen molar-refractivity contribution in [2.75, 3.05) is 19.7 Å². The van der Waals surface area contributed by atoms with E-state index in [4.69, 9.17) is 9.84 Å². The molecule has 4 nitrogen and oxygen atoms in total. The number of hydrogen-bond donors (Lipinski definition) is 1. The summed E-state index contributed by atoms with van der Waals surface area (Å²) in [5.41, 5.74) is 2.54. The lowest BCUT2D eigenvalue weighted by atomic mass is 9.97. The third-order valence-electron chi connectivity index (χ3n) is 4.01. The molecule has 2 aliphatic rings. The molecule has 1 fully saturated rings. The molecule has 1 unspecified atom stereocenters. The van der Waals surface area contributed by atoms with Crippen LogP contribution in [0.15, 0.2) is 18.2 Å². The van der Waals surface area contributed by atoms with Crippen molar-refractivity contribution in [1.82, 2.24) is 4.90 Å². The molecule has 102 valence electrons. The highest BCUT2D eigenvalue weighted by molar-refractivity contribution is 5.70. The van der Waals surface area contributed by atoms with Gasteiger partial charge in [0, 0.05) is 19.5 Å². The molecule has 2 aliphatic heterocycles. The van der Waals surface area contributed by atoms with Crippen LogP contribution in [0, 0.1) is 5.92 Å². The van der Waals surface area contributed by atoms with Gasteiger partial charge >= 0.3 is 5.97 Å². The second kappa shape index (κ2) is 5.21. The standard InChI is InChI=1S/C15H19NO3/c17-15(18)13-2-1-6-16(10-13)9-11-3-4-14-12(8-11)5-7-19-14/h3-4,8,13H,1-2,5-7,9-10H2,(H,17,18). The first-order chi connectivity index (χ1) is 9.22. The minimum atomic E-state index is -0.660. The Balaban J connectivity index is 1.66. The molecule has 4 heteroatoms. The molecule has 19 heavy (non-hydrogen) atoms. The van der Waals surface area contributed by atoms with Crippen LogP contribution in [0.3, 0.4) is 0 Å². The quantitative estimate of drug-likeness (QED) is 0.903. The molecule has 0 aromatic heterocycles. The number of hydrogen-bond acceptors (Lipinski definition) is 3. The van der Waals surface area contributed by atoms with E-state index in [-0.39, 0.29) is 5.92 Å². The number of carboxylic acids is 1. The maximum absolute atomic E-state index is 11.1. The molecule has 1 N–H and O–H groups in total. The Bertz CT molecular complexity index is 486. The van der Waals surface area contributed by atoms with Crippen molar-refractivity contribution in [2.24, 2.45) is 5.92 Å². The van der Waals surface area contributed by atoms with Crippen LogP contribution >= 0.6 is 0 Å². The summed E-state index contributed by atoms with van der Waals surface area (Å²) < 4.78 is 5.50. The van der Waals surface area contributed by atoms with E-state index in [0.29, 0.717) is 6.54 Å². The summed E-state index contributed by atoms with van der Waals surface area (Å²) in [6.07, 6.45) is 2.77. The highest BCUT2D eigenvalue weighted by Gasteiger charge is 2.25. The van der Waals surface area contributed by atoms with Crippen molar-refractivity contribution in [3.05, 3.63) is 29.3 Å². The summed E-state index contributed by atoms with van der Waals surface area (Å²) >= 11 is 0. The zero-order valence-corrected chi connectivity index (χ0v) is 11.0. The highest BCUT2D eigenvalue weighted by Crippen LogP contribution is 2.27. The van der Waals surface area contributed by atoms with Gasteiger partial charge in [0.05, 0.1) is 12.5 Å². The van der Waals surface area contributed by atoms with Gasteiger partial charge in [0.25, 0.3) is 0 Å². The summed E-state index contributed by atoms with van der Waals surface area (Å²) in [6.45, 7) is 3.29. The highest BCUT2D eigenvalue weighted by atomic mass is 16.5. The van der Waals surface area contributed by atoms with E-state index in [9.17, 15) is 4.79 Å². The first-order valence-corrected chi connectivity index (χ1v) is 6.92. The molecule has 3 rings (SSSR count). The van der Waals surface area contributed by atoms with E-state index in [0.717, 1.165) is 44.7 Å². The molecule has 0 amide bonds. The minimum absolute atomic E-state index is 0.202. The fourth-order valence-corrected chi connectivity index (χ4v) is 3.00. The predicted molar refractivity (Wildman–Crippen MR) is 71.3 cm³/mol. The second-order valence-electron chi connectivity index (χ2n) is 5.45. The predicted octanol–water partition coefficient (Wildman–Crippen LogP) is 1.92. The molecule has 0 spiro atoms. The number of aliphatic carboxylic acids is 1. The van der Waals surface area contributed by atoms with Crippen LogP contribution in [0.1, 0.15) is 24.0 Å². The summed E-state index contributed by atoms with van der Waals surface area (Å²) in [6, 6.07) is 6.33. The average molecular weight is 261 g/mol. The largest absolute Gasteiger partial charge is 0.493 e. The first-order valence-electron chi connectivity index (χ1n) is 6.92. The van der Waals surface area contributed by atoms with E-state index >= 15 is 0 Å². The summed E-state index contributed by atoms with van der Waals surface area (Å²) in [7, 11) is 0. The molecular weight excluding hydrogens is 242 g/mol. The Labute approximate surface area is 113 Å². The number of likely N-dealkylation sites (tertiary alicyclic amines) is 1. The van der Waals surface area contributed by atoms with Gasteiger partial charge in [-0.15, -0.1) is 0 Å². The normalized spacial score (nSPS) is 22.8. The fourth-order valence-electron chi connectivity index (χ4n) is 3.00. The molecule has 1 aromatic rings. The van der Waals surface area contributed by atoms with Crippen LogP contribution in [0.5, 0.6) is 5.75 Å². The molecule has 1 aromatic carbocycles. The fraction of sp³-hybridized carbons (Fsp3) is 0.533. The van der Waals surface area contributed by atoms with E-state index in [1.807, 2.05) is 6.07 Å². The summed E-state index contributed by atoms with van der Waals surface area (Å²) in [4.78, 5) is 13.3. The van der Waals surface area contributed by atoms with E-state index in [1.54, 1.807) is 0 Å². The lowest BCUT2D eigenvalue weighted by Gasteiger charge is -2.30. The van der Waals surface area contributed by atoms with Crippen LogP contribution < -0.4 is 4.74 Å². The van der Waals surface area contributed by atoms with Gasteiger partial charge in [-0.2, -0.15) is 0 Å². The van der Waals surface area contributed by atoms with E-state index in [2.05, 4.69) is 17.0 Å². The lowest BCUT2D eigenvalue weighted by Crippen LogP contribution is -2.38.